The maximum Gasteiger partial charge on any atom is 0.150 e. The fraction of sp³-hybridized carbons (Fsp3) is 0. The van der Waals surface area contributed by atoms with Crippen molar-refractivity contribution in [3.05, 3.63) is 205 Å². The first kappa shape index (κ1) is 34.7. The van der Waals surface area contributed by atoms with Crippen LogP contribution in [-0.4, -0.2) is 12.6 Å². The molecule has 0 saturated heterocycles. The minimum atomic E-state index is 0.569. The largest absolute Gasteiger partial charge is 0.457 e. The molecule has 10 aromatic carbocycles. The molecule has 0 spiro atoms. The van der Waals surface area contributed by atoms with Crippen molar-refractivity contribution < 1.29 is 19.1 Å². The highest BCUT2D eigenvalue weighted by molar-refractivity contribution is 6.11. The van der Waals surface area contributed by atoms with Crippen LogP contribution in [0.15, 0.2) is 194 Å². The van der Waals surface area contributed by atoms with E-state index in [0.29, 0.717) is 34.1 Å². The van der Waals surface area contributed by atoms with Crippen molar-refractivity contribution in [1.82, 2.24) is 0 Å². The van der Waals surface area contributed by atoms with Gasteiger partial charge < -0.3 is 9.47 Å². The number of hydrogen-bond donors (Lipinski definition) is 0. The predicted octanol–water partition coefficient (Wildman–Crippen LogP) is 14.5. The van der Waals surface area contributed by atoms with Crippen LogP contribution in [0.1, 0.15) is 20.7 Å². The zero-order valence-electron chi connectivity index (χ0n) is 31.3. The Hall–Kier alpha value is -7.82. The average molecular weight is 747 g/mol. The molecule has 274 valence electrons. The lowest BCUT2D eigenvalue weighted by Crippen LogP contribution is -1.96. The Morgan fingerprint density at radius 1 is 0.310 bits per heavy atom. The second kappa shape index (κ2) is 14.7. The molecular weight excluding hydrogens is 713 g/mol. The lowest BCUT2D eigenvalue weighted by molar-refractivity contribution is 0.111. The highest BCUT2D eigenvalue weighted by atomic mass is 16.5. The summed E-state index contributed by atoms with van der Waals surface area (Å²) in [5.41, 5.74) is 7.34. The zero-order valence-corrected chi connectivity index (χ0v) is 31.3. The summed E-state index contributed by atoms with van der Waals surface area (Å²) in [6, 6.07) is 65.6. The van der Waals surface area contributed by atoms with Gasteiger partial charge in [0.2, 0.25) is 0 Å². The van der Waals surface area contributed by atoms with Gasteiger partial charge >= 0.3 is 0 Å². The van der Waals surface area contributed by atoms with Gasteiger partial charge in [-0.15, -0.1) is 0 Å². The van der Waals surface area contributed by atoms with Crippen LogP contribution in [0.5, 0.6) is 23.0 Å². The maximum atomic E-state index is 11.5. The van der Waals surface area contributed by atoms with Crippen LogP contribution in [0.4, 0.5) is 0 Å². The van der Waals surface area contributed by atoms with Crippen LogP contribution in [0, 0.1) is 0 Å². The van der Waals surface area contributed by atoms with Crippen molar-refractivity contribution in [3.63, 3.8) is 0 Å². The summed E-state index contributed by atoms with van der Waals surface area (Å²) < 4.78 is 13.5. The third kappa shape index (κ3) is 6.53. The molecule has 4 nitrogen and oxygen atoms in total. The third-order valence-electron chi connectivity index (χ3n) is 10.9. The Morgan fingerprint density at radius 2 is 0.655 bits per heavy atom. The molecule has 0 heterocycles. The van der Waals surface area contributed by atoms with Gasteiger partial charge in [0, 0.05) is 22.3 Å². The maximum absolute atomic E-state index is 11.5. The summed E-state index contributed by atoms with van der Waals surface area (Å²) in [4.78, 5) is 23.0. The lowest BCUT2D eigenvalue weighted by Gasteiger charge is -2.20. The first-order valence-corrected chi connectivity index (χ1v) is 19.2. The van der Waals surface area contributed by atoms with Crippen molar-refractivity contribution in [2.45, 2.75) is 0 Å². The Labute approximate surface area is 335 Å². The van der Waals surface area contributed by atoms with Crippen LogP contribution >= 0.6 is 0 Å². The molecule has 0 aliphatic carbocycles. The molecule has 0 aliphatic heterocycles. The van der Waals surface area contributed by atoms with Crippen LogP contribution in [0.3, 0.4) is 0 Å². The van der Waals surface area contributed by atoms with E-state index >= 15 is 0 Å². The number of rotatable bonds is 9. The first-order valence-electron chi connectivity index (χ1n) is 19.2. The lowest BCUT2D eigenvalue weighted by atomic mass is 9.89. The number of carbonyl (C=O) groups excluding carboxylic acids is 2. The van der Waals surface area contributed by atoms with Crippen LogP contribution in [0.2, 0.25) is 0 Å². The highest BCUT2D eigenvalue weighted by Crippen LogP contribution is 2.48. The molecule has 58 heavy (non-hydrogen) atoms. The molecule has 0 radical (unpaired) electrons. The molecule has 0 fully saturated rings. The summed E-state index contributed by atoms with van der Waals surface area (Å²) in [6.07, 6.45) is 1.65. The molecule has 0 saturated carbocycles. The first-order chi connectivity index (χ1) is 28.6. The molecule has 0 aromatic heterocycles. The van der Waals surface area contributed by atoms with Crippen molar-refractivity contribution in [1.29, 1.82) is 0 Å². The molecule has 0 bridgehead atoms. The van der Waals surface area contributed by atoms with Crippen LogP contribution in [-0.2, 0) is 0 Å². The number of benzene rings is 10. The molecule has 0 amide bonds. The van der Waals surface area contributed by atoms with E-state index in [-0.39, 0.29) is 0 Å². The number of aldehydes is 2. The van der Waals surface area contributed by atoms with E-state index < -0.39 is 0 Å². The van der Waals surface area contributed by atoms with E-state index in [1.54, 1.807) is 24.3 Å². The second-order valence-corrected chi connectivity index (χ2v) is 14.5. The highest BCUT2D eigenvalue weighted by Gasteiger charge is 2.21. The van der Waals surface area contributed by atoms with Gasteiger partial charge in [0.15, 0.2) is 0 Å². The molecule has 10 aromatic rings. The van der Waals surface area contributed by atoms with Crippen molar-refractivity contribution in [2.24, 2.45) is 0 Å². The summed E-state index contributed by atoms with van der Waals surface area (Å²) in [6.45, 7) is 0. The van der Waals surface area contributed by atoms with E-state index in [2.05, 4.69) is 133 Å². The molecular formula is C54H34O4. The predicted molar refractivity (Wildman–Crippen MR) is 237 cm³/mol. The van der Waals surface area contributed by atoms with Gasteiger partial charge in [-0.2, -0.15) is 0 Å². The van der Waals surface area contributed by atoms with Crippen molar-refractivity contribution in [2.75, 3.05) is 0 Å². The SMILES string of the molecule is O=Cc1ccc(Oc2ccc3cc(-c4ccc5ccccc5c4)ccc3c2-c2c(Oc3ccc(C=O)cc3)ccc3cc(-c4ccc5ccccc5c4)ccc23)cc1. The summed E-state index contributed by atoms with van der Waals surface area (Å²) in [7, 11) is 0. The van der Waals surface area contributed by atoms with E-state index in [9.17, 15) is 9.59 Å². The van der Waals surface area contributed by atoms with E-state index in [4.69, 9.17) is 9.47 Å². The molecule has 0 unspecified atom stereocenters. The molecule has 0 atom stereocenters. The van der Waals surface area contributed by atoms with E-state index in [1.807, 2.05) is 36.4 Å². The minimum Gasteiger partial charge on any atom is -0.457 e. The Morgan fingerprint density at radius 3 is 1.05 bits per heavy atom. The van der Waals surface area contributed by atoms with Gasteiger partial charge in [-0.25, -0.2) is 0 Å². The van der Waals surface area contributed by atoms with Gasteiger partial charge in [0.1, 0.15) is 35.6 Å². The summed E-state index contributed by atoms with van der Waals surface area (Å²) in [5, 5.41) is 8.82. The van der Waals surface area contributed by atoms with E-state index in [0.717, 1.165) is 67.5 Å². The van der Waals surface area contributed by atoms with Gasteiger partial charge in [-0.05, 0) is 150 Å². The second-order valence-electron chi connectivity index (χ2n) is 14.5. The fourth-order valence-electron chi connectivity index (χ4n) is 7.89. The zero-order chi connectivity index (χ0) is 39.0. The Kier molecular flexibility index (Phi) is 8.77. The summed E-state index contributed by atoms with van der Waals surface area (Å²) in [5.74, 6) is 2.48. The smallest absolute Gasteiger partial charge is 0.150 e. The third-order valence-corrected chi connectivity index (χ3v) is 10.9. The molecule has 4 heteroatoms. The number of ether oxygens (including phenoxy) is 2. The van der Waals surface area contributed by atoms with Crippen LogP contribution in [0.25, 0.3) is 76.5 Å². The Balaban J connectivity index is 1.20. The van der Waals surface area contributed by atoms with Crippen LogP contribution < -0.4 is 9.47 Å². The molecule has 10 rings (SSSR count). The average Bonchev–Trinajstić information content (AvgIpc) is 3.29. The minimum absolute atomic E-state index is 0.569. The number of hydrogen-bond acceptors (Lipinski definition) is 4. The number of fused-ring (bicyclic) bond motifs is 4. The van der Waals surface area contributed by atoms with Gasteiger partial charge in [-0.1, -0.05) is 109 Å². The Bertz CT molecular complexity index is 2980. The van der Waals surface area contributed by atoms with E-state index in [1.165, 1.54) is 21.5 Å². The number of carbonyl (C=O) groups is 2. The fourth-order valence-corrected chi connectivity index (χ4v) is 7.89. The quantitative estimate of drug-likeness (QED) is 0.138. The van der Waals surface area contributed by atoms with Crippen molar-refractivity contribution in [3.8, 4) is 56.4 Å². The standard InChI is InChI=1S/C54H34O4/c55-33-35-9-21-47(22-10-35)57-51-27-19-45-31-43(41-15-13-37-5-1-3-7-39(37)29-41)17-25-49(45)53(51)54-50-26-18-44(42-16-14-38-6-2-4-8-40(38)30-42)32-46(50)20-28-52(54)58-48-23-11-36(34-56)12-24-48/h1-34H. The summed E-state index contributed by atoms with van der Waals surface area (Å²) >= 11 is 0. The normalized spacial score (nSPS) is 11.2. The van der Waals surface area contributed by atoms with Gasteiger partial charge in [-0.3, -0.25) is 9.59 Å². The molecule has 0 N–H and O–H groups in total. The van der Waals surface area contributed by atoms with Crippen molar-refractivity contribution >= 4 is 55.7 Å². The monoisotopic (exact) mass is 746 g/mol. The van der Waals surface area contributed by atoms with Gasteiger partial charge in [0.05, 0.1) is 0 Å². The molecule has 0 aliphatic rings. The van der Waals surface area contributed by atoms with Gasteiger partial charge in [0.25, 0.3) is 0 Å². The topological polar surface area (TPSA) is 52.6 Å².